The van der Waals surface area contributed by atoms with Gasteiger partial charge in [0.25, 0.3) is 0 Å². The van der Waals surface area contributed by atoms with Crippen LogP contribution in [0.4, 0.5) is 0 Å². The van der Waals surface area contributed by atoms with Crippen LogP contribution in [0.2, 0.25) is 0 Å². The summed E-state index contributed by atoms with van der Waals surface area (Å²) in [5.41, 5.74) is 0.763. The lowest BCUT2D eigenvalue weighted by molar-refractivity contribution is 0.0212. The van der Waals surface area contributed by atoms with E-state index in [2.05, 4.69) is 11.5 Å². The van der Waals surface area contributed by atoms with E-state index < -0.39 is 0 Å². The van der Waals surface area contributed by atoms with E-state index in [1.807, 2.05) is 6.08 Å². The summed E-state index contributed by atoms with van der Waals surface area (Å²) in [6.45, 7) is 7.74. The molecule has 2 fully saturated rings. The molecule has 1 heterocycles. The van der Waals surface area contributed by atoms with Crippen LogP contribution in [-0.4, -0.2) is 24.5 Å². The normalized spacial score (nSPS) is 27.1. The van der Waals surface area contributed by atoms with Gasteiger partial charge in [0.15, 0.2) is 0 Å². The fraction of sp³-hybridized carbons (Fsp3) is 0.833. The van der Waals surface area contributed by atoms with Crippen molar-refractivity contribution in [3.63, 3.8) is 0 Å². The second-order valence-electron chi connectivity index (χ2n) is 4.81. The topological polar surface area (TPSA) is 3.24 Å². The molecule has 1 aliphatic heterocycles. The second kappa shape index (κ2) is 3.83. The molecule has 2 aliphatic rings. The van der Waals surface area contributed by atoms with Crippen LogP contribution in [0.3, 0.4) is 0 Å². The summed E-state index contributed by atoms with van der Waals surface area (Å²) in [5, 5.41) is 0. The van der Waals surface area contributed by atoms with Gasteiger partial charge in [-0.05, 0) is 44.1 Å². The lowest BCUT2D eigenvalue weighted by Crippen LogP contribution is -2.47. The minimum atomic E-state index is 0.763. The van der Waals surface area contributed by atoms with E-state index in [1.54, 1.807) is 0 Å². The molecular weight excluding hydrogens is 158 g/mol. The maximum absolute atomic E-state index is 3.79. The van der Waals surface area contributed by atoms with Crippen molar-refractivity contribution in [3.05, 3.63) is 12.7 Å². The molecule has 0 radical (unpaired) electrons. The van der Waals surface area contributed by atoms with Crippen LogP contribution in [0.1, 0.15) is 38.5 Å². The fourth-order valence-corrected chi connectivity index (χ4v) is 2.86. The summed E-state index contributed by atoms with van der Waals surface area (Å²) in [5.74, 6) is 0. The summed E-state index contributed by atoms with van der Waals surface area (Å²) in [4.78, 5) is 2.64. The van der Waals surface area contributed by atoms with Crippen LogP contribution in [0.5, 0.6) is 0 Å². The van der Waals surface area contributed by atoms with E-state index in [0.717, 1.165) is 11.8 Å². The molecule has 13 heavy (non-hydrogen) atoms. The molecule has 0 amide bonds. The minimum Gasteiger partial charge on any atom is -0.302 e. The first kappa shape index (κ1) is 9.26. The molecule has 1 saturated carbocycles. The smallest absolute Gasteiger partial charge is 0.00381 e. The summed E-state index contributed by atoms with van der Waals surface area (Å²) >= 11 is 0. The Labute approximate surface area is 81.8 Å². The molecule has 0 bridgehead atoms. The average Bonchev–Trinajstić information content (AvgIpc) is 2.13. The standard InChI is InChI=1S/C12H21N/c1-2-3-9-13-10-5-8-12(11-13)6-4-7-12/h2H,1,3-11H2. The van der Waals surface area contributed by atoms with Gasteiger partial charge in [-0.2, -0.15) is 0 Å². The number of piperidine rings is 1. The van der Waals surface area contributed by atoms with E-state index in [9.17, 15) is 0 Å². The lowest BCUT2D eigenvalue weighted by atomic mass is 9.64. The highest BCUT2D eigenvalue weighted by Crippen LogP contribution is 2.47. The van der Waals surface area contributed by atoms with Crippen molar-refractivity contribution in [1.82, 2.24) is 4.90 Å². The molecule has 1 spiro atoms. The zero-order chi connectivity index (χ0) is 9.15. The molecule has 1 heteroatoms. The second-order valence-corrected chi connectivity index (χ2v) is 4.81. The Morgan fingerprint density at radius 3 is 2.62 bits per heavy atom. The van der Waals surface area contributed by atoms with E-state index in [0.29, 0.717) is 0 Å². The number of hydrogen-bond donors (Lipinski definition) is 0. The quantitative estimate of drug-likeness (QED) is 0.602. The van der Waals surface area contributed by atoms with Crippen molar-refractivity contribution in [2.24, 2.45) is 5.41 Å². The summed E-state index contributed by atoms with van der Waals surface area (Å²) in [6.07, 6.45) is 10.6. The van der Waals surface area contributed by atoms with Gasteiger partial charge in [-0.1, -0.05) is 12.5 Å². The average molecular weight is 179 g/mol. The van der Waals surface area contributed by atoms with Crippen molar-refractivity contribution in [2.75, 3.05) is 19.6 Å². The summed E-state index contributed by atoms with van der Waals surface area (Å²) < 4.78 is 0. The SMILES string of the molecule is C=CCCN1CCCC2(CCC2)C1. The monoisotopic (exact) mass is 179 g/mol. The molecule has 1 saturated heterocycles. The third-order valence-corrected chi connectivity index (χ3v) is 3.80. The van der Waals surface area contributed by atoms with Gasteiger partial charge >= 0.3 is 0 Å². The van der Waals surface area contributed by atoms with E-state index in [1.165, 1.54) is 51.7 Å². The predicted molar refractivity (Wildman–Crippen MR) is 56.8 cm³/mol. The van der Waals surface area contributed by atoms with Crippen molar-refractivity contribution < 1.29 is 0 Å². The van der Waals surface area contributed by atoms with E-state index in [-0.39, 0.29) is 0 Å². The summed E-state index contributed by atoms with van der Waals surface area (Å²) in [6, 6.07) is 0. The van der Waals surface area contributed by atoms with Gasteiger partial charge in [-0.3, -0.25) is 0 Å². The number of likely N-dealkylation sites (tertiary alicyclic amines) is 1. The Kier molecular flexibility index (Phi) is 2.73. The van der Waals surface area contributed by atoms with E-state index in [4.69, 9.17) is 0 Å². The molecule has 0 aromatic rings. The maximum Gasteiger partial charge on any atom is 0.00381 e. The highest BCUT2D eigenvalue weighted by molar-refractivity contribution is 4.93. The molecule has 0 aromatic heterocycles. The zero-order valence-electron chi connectivity index (χ0n) is 8.60. The molecule has 0 N–H and O–H groups in total. The molecule has 0 atom stereocenters. The summed E-state index contributed by atoms with van der Waals surface area (Å²) in [7, 11) is 0. The van der Waals surface area contributed by atoms with Crippen LogP contribution in [0.15, 0.2) is 12.7 Å². The highest BCUT2D eigenvalue weighted by atomic mass is 15.1. The Hall–Kier alpha value is -0.300. The molecular formula is C12H21N. The molecule has 1 aliphatic carbocycles. The van der Waals surface area contributed by atoms with Crippen molar-refractivity contribution in [2.45, 2.75) is 38.5 Å². The molecule has 74 valence electrons. The Bertz CT molecular complexity index is 182. The van der Waals surface area contributed by atoms with E-state index >= 15 is 0 Å². The molecule has 0 unspecified atom stereocenters. The minimum absolute atomic E-state index is 0.763. The van der Waals surface area contributed by atoms with Crippen LogP contribution in [0.25, 0.3) is 0 Å². The van der Waals surface area contributed by atoms with Crippen molar-refractivity contribution >= 4 is 0 Å². The Morgan fingerprint density at radius 1 is 1.23 bits per heavy atom. The predicted octanol–water partition coefficient (Wildman–Crippen LogP) is 2.83. The van der Waals surface area contributed by atoms with Gasteiger partial charge in [-0.15, -0.1) is 6.58 Å². The van der Waals surface area contributed by atoms with Gasteiger partial charge in [0.05, 0.1) is 0 Å². The molecule has 1 nitrogen and oxygen atoms in total. The van der Waals surface area contributed by atoms with Crippen LogP contribution in [-0.2, 0) is 0 Å². The van der Waals surface area contributed by atoms with Crippen LogP contribution < -0.4 is 0 Å². The Morgan fingerprint density at radius 2 is 2.00 bits per heavy atom. The van der Waals surface area contributed by atoms with Gasteiger partial charge < -0.3 is 4.90 Å². The van der Waals surface area contributed by atoms with Gasteiger partial charge in [0, 0.05) is 13.1 Å². The molecule has 2 rings (SSSR count). The van der Waals surface area contributed by atoms with Crippen molar-refractivity contribution in [1.29, 1.82) is 0 Å². The first-order valence-corrected chi connectivity index (χ1v) is 5.68. The fourth-order valence-electron chi connectivity index (χ4n) is 2.86. The molecule has 0 aromatic carbocycles. The zero-order valence-corrected chi connectivity index (χ0v) is 8.60. The van der Waals surface area contributed by atoms with Gasteiger partial charge in [-0.25, -0.2) is 0 Å². The first-order valence-electron chi connectivity index (χ1n) is 5.68. The maximum atomic E-state index is 3.79. The number of rotatable bonds is 3. The lowest BCUT2D eigenvalue weighted by Gasteiger charge is -2.49. The Balaban J connectivity index is 1.81. The number of nitrogens with zero attached hydrogens (tertiary/aromatic N) is 1. The van der Waals surface area contributed by atoms with Gasteiger partial charge in [0.1, 0.15) is 0 Å². The van der Waals surface area contributed by atoms with Crippen molar-refractivity contribution in [3.8, 4) is 0 Å². The third-order valence-electron chi connectivity index (χ3n) is 3.80. The highest BCUT2D eigenvalue weighted by Gasteiger charge is 2.39. The third kappa shape index (κ3) is 1.96. The first-order chi connectivity index (χ1) is 6.35. The largest absolute Gasteiger partial charge is 0.302 e. The number of hydrogen-bond acceptors (Lipinski definition) is 1. The van der Waals surface area contributed by atoms with Gasteiger partial charge in [0.2, 0.25) is 0 Å². The van der Waals surface area contributed by atoms with Crippen LogP contribution >= 0.6 is 0 Å². The van der Waals surface area contributed by atoms with Crippen LogP contribution in [0, 0.1) is 5.41 Å².